The molecule has 1 unspecified atom stereocenters. The molecule has 0 saturated heterocycles. The maximum atomic E-state index is 13.7. The molecule has 0 amide bonds. The molecule has 1 aliphatic carbocycles. The van der Waals surface area contributed by atoms with E-state index in [2.05, 4.69) is 6.92 Å². The number of methoxy groups -OCH3 is 2. The fourth-order valence-corrected chi connectivity index (χ4v) is 6.22. The topological polar surface area (TPSA) is 86.7 Å². The summed E-state index contributed by atoms with van der Waals surface area (Å²) >= 11 is 0. The van der Waals surface area contributed by atoms with E-state index in [4.69, 9.17) is 9.47 Å². The van der Waals surface area contributed by atoms with Gasteiger partial charge in [-0.15, -0.1) is 0 Å². The van der Waals surface area contributed by atoms with Gasteiger partial charge in [-0.2, -0.15) is 0 Å². The SMILES string of the molecule is CCCCc1ccc2c(c1)C(S(=O)(=O)c1ccccc1)CC(C(=O)OC)(C(=O)OC)C2. The molecule has 2 aromatic carbocycles. The van der Waals surface area contributed by atoms with Crippen LogP contribution in [0.2, 0.25) is 0 Å². The second-order valence-electron chi connectivity index (χ2n) is 7.93. The second-order valence-corrected chi connectivity index (χ2v) is 10.1. The molecule has 0 saturated carbocycles. The van der Waals surface area contributed by atoms with E-state index in [9.17, 15) is 18.0 Å². The zero-order chi connectivity index (χ0) is 22.6. The van der Waals surface area contributed by atoms with Gasteiger partial charge in [0.05, 0.1) is 24.4 Å². The van der Waals surface area contributed by atoms with E-state index in [1.165, 1.54) is 26.4 Å². The van der Waals surface area contributed by atoms with Crippen molar-refractivity contribution in [2.45, 2.75) is 49.2 Å². The van der Waals surface area contributed by atoms with Crippen LogP contribution in [-0.2, 0) is 41.7 Å². The fraction of sp³-hybridized carbons (Fsp3) is 0.417. The van der Waals surface area contributed by atoms with Crippen LogP contribution in [-0.4, -0.2) is 34.6 Å². The van der Waals surface area contributed by atoms with Crippen LogP contribution in [0.25, 0.3) is 0 Å². The van der Waals surface area contributed by atoms with Crippen molar-refractivity contribution in [1.29, 1.82) is 0 Å². The van der Waals surface area contributed by atoms with Crippen LogP contribution >= 0.6 is 0 Å². The van der Waals surface area contributed by atoms with E-state index in [1.54, 1.807) is 18.2 Å². The molecule has 1 aliphatic rings. The van der Waals surface area contributed by atoms with Gasteiger partial charge < -0.3 is 9.47 Å². The molecular formula is C24H28O6S. The molecule has 6 nitrogen and oxygen atoms in total. The number of rotatable bonds is 7. The smallest absolute Gasteiger partial charge is 0.323 e. The third kappa shape index (κ3) is 4.24. The number of carbonyl (C=O) groups is 2. The largest absolute Gasteiger partial charge is 0.468 e. The van der Waals surface area contributed by atoms with E-state index in [-0.39, 0.29) is 17.7 Å². The molecule has 1 atom stereocenters. The number of esters is 2. The Morgan fingerprint density at radius 1 is 1.03 bits per heavy atom. The van der Waals surface area contributed by atoms with Crippen LogP contribution in [0.4, 0.5) is 0 Å². The number of fused-ring (bicyclic) bond motifs is 1. The van der Waals surface area contributed by atoms with Gasteiger partial charge in [-0.3, -0.25) is 9.59 Å². The molecule has 0 heterocycles. The van der Waals surface area contributed by atoms with E-state index < -0.39 is 32.4 Å². The van der Waals surface area contributed by atoms with Gasteiger partial charge in [-0.05, 0) is 54.5 Å². The highest BCUT2D eigenvalue weighted by Crippen LogP contribution is 2.48. The Balaban J connectivity index is 2.21. The number of hydrogen-bond acceptors (Lipinski definition) is 6. The summed E-state index contributed by atoms with van der Waals surface area (Å²) in [6.45, 7) is 2.10. The third-order valence-electron chi connectivity index (χ3n) is 6.00. The number of aryl methyl sites for hydroxylation is 1. The molecular weight excluding hydrogens is 416 g/mol. The lowest BCUT2D eigenvalue weighted by molar-refractivity contribution is -0.170. The van der Waals surface area contributed by atoms with Crippen molar-refractivity contribution in [3.05, 3.63) is 65.2 Å². The van der Waals surface area contributed by atoms with Gasteiger partial charge in [0.2, 0.25) is 0 Å². The first-order chi connectivity index (χ1) is 14.8. The molecule has 0 aliphatic heterocycles. The Labute approximate surface area is 183 Å². The van der Waals surface area contributed by atoms with Crippen molar-refractivity contribution < 1.29 is 27.5 Å². The predicted octanol–water partition coefficient (Wildman–Crippen LogP) is 3.82. The Hall–Kier alpha value is -2.67. The van der Waals surface area contributed by atoms with Crippen molar-refractivity contribution in [3.63, 3.8) is 0 Å². The normalized spacial score (nSPS) is 17.5. The van der Waals surface area contributed by atoms with Crippen molar-refractivity contribution in [3.8, 4) is 0 Å². The first kappa shape index (κ1) is 23.0. The van der Waals surface area contributed by atoms with Gasteiger partial charge in [0, 0.05) is 0 Å². The van der Waals surface area contributed by atoms with E-state index in [0.717, 1.165) is 24.8 Å². The monoisotopic (exact) mass is 444 g/mol. The minimum Gasteiger partial charge on any atom is -0.468 e. The fourth-order valence-electron chi connectivity index (χ4n) is 4.30. The minimum atomic E-state index is -3.88. The molecule has 2 aromatic rings. The third-order valence-corrected chi connectivity index (χ3v) is 8.10. The highest BCUT2D eigenvalue weighted by Gasteiger charge is 2.55. The van der Waals surface area contributed by atoms with E-state index in [0.29, 0.717) is 11.1 Å². The summed E-state index contributed by atoms with van der Waals surface area (Å²) in [5.74, 6) is -1.57. The molecule has 0 aromatic heterocycles. The Bertz CT molecular complexity index is 1040. The molecule has 0 bridgehead atoms. The lowest BCUT2D eigenvalue weighted by Crippen LogP contribution is -2.47. The van der Waals surface area contributed by atoms with E-state index in [1.807, 2.05) is 18.2 Å². The van der Waals surface area contributed by atoms with E-state index >= 15 is 0 Å². The summed E-state index contributed by atoms with van der Waals surface area (Å²) < 4.78 is 37.2. The number of sulfone groups is 1. The maximum Gasteiger partial charge on any atom is 0.323 e. The molecule has 0 fully saturated rings. The first-order valence-electron chi connectivity index (χ1n) is 10.4. The molecule has 7 heteroatoms. The van der Waals surface area contributed by atoms with Crippen LogP contribution in [0, 0.1) is 5.41 Å². The Morgan fingerprint density at radius 2 is 1.68 bits per heavy atom. The molecule has 0 N–H and O–H groups in total. The first-order valence-corrected chi connectivity index (χ1v) is 11.9. The Morgan fingerprint density at radius 3 is 2.26 bits per heavy atom. The van der Waals surface area contributed by atoms with Gasteiger partial charge in [-0.25, -0.2) is 8.42 Å². The average Bonchev–Trinajstić information content (AvgIpc) is 2.81. The van der Waals surface area contributed by atoms with Crippen molar-refractivity contribution in [2.75, 3.05) is 14.2 Å². The number of ether oxygens (including phenoxy) is 2. The number of benzene rings is 2. The van der Waals surface area contributed by atoms with Gasteiger partial charge >= 0.3 is 11.9 Å². The zero-order valence-corrected chi connectivity index (χ0v) is 18.9. The number of carbonyl (C=O) groups excluding carboxylic acids is 2. The maximum absolute atomic E-state index is 13.7. The summed E-state index contributed by atoms with van der Waals surface area (Å²) in [5, 5.41) is -1.07. The highest BCUT2D eigenvalue weighted by atomic mass is 32.2. The highest BCUT2D eigenvalue weighted by molar-refractivity contribution is 7.91. The van der Waals surface area contributed by atoms with Gasteiger partial charge in [0.1, 0.15) is 0 Å². The van der Waals surface area contributed by atoms with Crippen molar-refractivity contribution in [1.82, 2.24) is 0 Å². The number of unbranched alkanes of at least 4 members (excludes halogenated alkanes) is 1. The van der Waals surface area contributed by atoms with Gasteiger partial charge in [0.15, 0.2) is 15.3 Å². The standard InChI is InChI=1S/C24H28O6S/c1-4-5-9-17-12-13-18-15-24(22(25)29-2,23(26)30-3)16-21(20(18)14-17)31(27,28)19-10-7-6-8-11-19/h6-8,10-14,21H,4-5,9,15-16H2,1-3H3. The van der Waals surface area contributed by atoms with Gasteiger partial charge in [-0.1, -0.05) is 49.7 Å². The molecule has 0 radical (unpaired) electrons. The second kappa shape index (κ2) is 9.22. The Kier molecular flexibility index (Phi) is 6.84. The molecule has 166 valence electrons. The molecule has 3 rings (SSSR count). The minimum absolute atomic E-state index is 0.0382. The average molecular weight is 445 g/mol. The lowest BCUT2D eigenvalue weighted by Gasteiger charge is -2.37. The van der Waals surface area contributed by atoms with Crippen molar-refractivity contribution in [2.24, 2.45) is 5.41 Å². The quantitative estimate of drug-likeness (QED) is 0.477. The van der Waals surface area contributed by atoms with Crippen LogP contribution in [0.5, 0.6) is 0 Å². The zero-order valence-electron chi connectivity index (χ0n) is 18.1. The van der Waals surface area contributed by atoms with Crippen LogP contribution < -0.4 is 0 Å². The molecule has 31 heavy (non-hydrogen) atoms. The van der Waals surface area contributed by atoms with Crippen LogP contribution in [0.3, 0.4) is 0 Å². The lowest BCUT2D eigenvalue weighted by atomic mass is 9.70. The summed E-state index contributed by atoms with van der Waals surface area (Å²) in [7, 11) is -1.50. The van der Waals surface area contributed by atoms with Crippen molar-refractivity contribution >= 4 is 21.8 Å². The summed E-state index contributed by atoms with van der Waals surface area (Å²) in [6, 6.07) is 13.8. The molecule has 0 spiro atoms. The predicted molar refractivity (Wildman–Crippen MR) is 116 cm³/mol. The summed E-state index contributed by atoms with van der Waals surface area (Å²) in [6.07, 6.45) is 2.66. The van der Waals surface area contributed by atoms with Gasteiger partial charge in [0.25, 0.3) is 0 Å². The summed E-state index contributed by atoms with van der Waals surface area (Å²) in [5.41, 5.74) is 0.610. The van der Waals surface area contributed by atoms with Crippen LogP contribution in [0.1, 0.15) is 48.1 Å². The number of hydrogen-bond donors (Lipinski definition) is 0. The van der Waals surface area contributed by atoms with Crippen LogP contribution in [0.15, 0.2) is 53.4 Å². The summed E-state index contributed by atoms with van der Waals surface area (Å²) in [4.78, 5) is 25.7.